The number of anilines is 1. The standard InChI is InChI=1S/C20H17FN2O2/c1-13-5-3-4-6-18(13)25-16-9-7-15(8-10-16)23-20(24)17-11-12-19(21)22-14(17)2/h3-12H,1-2H3,(H,23,24). The smallest absolute Gasteiger partial charge is 0.257 e. The van der Waals surface area contributed by atoms with E-state index in [1.54, 1.807) is 31.2 Å². The zero-order valence-corrected chi connectivity index (χ0v) is 13.9. The van der Waals surface area contributed by atoms with Gasteiger partial charge < -0.3 is 10.1 Å². The molecule has 0 radical (unpaired) electrons. The van der Waals surface area contributed by atoms with Crippen LogP contribution >= 0.6 is 0 Å². The quantitative estimate of drug-likeness (QED) is 0.691. The van der Waals surface area contributed by atoms with E-state index in [-0.39, 0.29) is 5.91 Å². The van der Waals surface area contributed by atoms with Gasteiger partial charge in [-0.15, -0.1) is 0 Å². The lowest BCUT2D eigenvalue weighted by atomic mass is 10.2. The van der Waals surface area contributed by atoms with Crippen LogP contribution in [0.2, 0.25) is 0 Å². The van der Waals surface area contributed by atoms with E-state index >= 15 is 0 Å². The summed E-state index contributed by atoms with van der Waals surface area (Å²) >= 11 is 0. The first-order valence-electron chi connectivity index (χ1n) is 7.81. The molecule has 4 nitrogen and oxygen atoms in total. The fourth-order valence-electron chi connectivity index (χ4n) is 2.37. The molecule has 1 N–H and O–H groups in total. The lowest BCUT2D eigenvalue weighted by Crippen LogP contribution is -2.14. The number of hydrogen-bond donors (Lipinski definition) is 1. The molecule has 1 aromatic heterocycles. The van der Waals surface area contributed by atoms with Gasteiger partial charge in [-0.25, -0.2) is 4.98 Å². The average Bonchev–Trinajstić information content (AvgIpc) is 2.58. The molecular weight excluding hydrogens is 319 g/mol. The Labute approximate surface area is 145 Å². The second-order valence-corrected chi connectivity index (χ2v) is 5.61. The minimum atomic E-state index is -0.605. The van der Waals surface area contributed by atoms with Gasteiger partial charge in [-0.3, -0.25) is 4.79 Å². The topological polar surface area (TPSA) is 51.2 Å². The molecule has 5 heteroatoms. The van der Waals surface area contributed by atoms with E-state index < -0.39 is 5.95 Å². The third-order valence-electron chi connectivity index (χ3n) is 3.73. The highest BCUT2D eigenvalue weighted by atomic mass is 19.1. The van der Waals surface area contributed by atoms with Crippen molar-refractivity contribution < 1.29 is 13.9 Å². The predicted octanol–water partition coefficient (Wildman–Crippen LogP) is 4.88. The van der Waals surface area contributed by atoms with Gasteiger partial charge in [0, 0.05) is 5.69 Å². The van der Waals surface area contributed by atoms with Crippen molar-refractivity contribution >= 4 is 11.6 Å². The number of pyridine rings is 1. The van der Waals surface area contributed by atoms with Crippen molar-refractivity contribution in [3.05, 3.63) is 83.4 Å². The number of para-hydroxylation sites is 1. The van der Waals surface area contributed by atoms with Gasteiger partial charge >= 0.3 is 0 Å². The van der Waals surface area contributed by atoms with Crippen molar-refractivity contribution in [3.63, 3.8) is 0 Å². The molecule has 3 aromatic rings. The highest BCUT2D eigenvalue weighted by molar-refractivity contribution is 6.04. The average molecular weight is 336 g/mol. The van der Waals surface area contributed by atoms with E-state index in [1.807, 2.05) is 31.2 Å². The number of aromatic nitrogens is 1. The fraction of sp³-hybridized carbons (Fsp3) is 0.100. The summed E-state index contributed by atoms with van der Waals surface area (Å²) in [6.45, 7) is 3.57. The van der Waals surface area contributed by atoms with Crippen molar-refractivity contribution in [1.29, 1.82) is 0 Å². The molecule has 0 aliphatic carbocycles. The number of aryl methyl sites for hydroxylation is 2. The number of nitrogens with zero attached hydrogens (tertiary/aromatic N) is 1. The summed E-state index contributed by atoms with van der Waals surface area (Å²) in [5.41, 5.74) is 2.34. The van der Waals surface area contributed by atoms with Crippen LogP contribution < -0.4 is 10.1 Å². The second kappa shape index (κ2) is 7.13. The van der Waals surface area contributed by atoms with Crippen molar-refractivity contribution in [2.24, 2.45) is 0 Å². The number of hydrogen-bond acceptors (Lipinski definition) is 3. The van der Waals surface area contributed by atoms with Gasteiger partial charge in [0.05, 0.1) is 11.3 Å². The molecule has 0 fully saturated rings. The summed E-state index contributed by atoms with van der Waals surface area (Å²) in [5, 5.41) is 2.76. The number of rotatable bonds is 4. The molecule has 0 aliphatic heterocycles. The summed E-state index contributed by atoms with van der Waals surface area (Å²) in [7, 11) is 0. The van der Waals surface area contributed by atoms with Gasteiger partial charge in [0.25, 0.3) is 5.91 Å². The van der Waals surface area contributed by atoms with Crippen LogP contribution in [0.1, 0.15) is 21.6 Å². The highest BCUT2D eigenvalue weighted by Crippen LogP contribution is 2.25. The Kier molecular flexibility index (Phi) is 4.75. The van der Waals surface area contributed by atoms with E-state index in [9.17, 15) is 9.18 Å². The van der Waals surface area contributed by atoms with Crippen LogP contribution in [-0.4, -0.2) is 10.9 Å². The van der Waals surface area contributed by atoms with E-state index in [0.717, 1.165) is 11.3 Å². The van der Waals surface area contributed by atoms with E-state index in [1.165, 1.54) is 12.1 Å². The molecule has 0 aliphatic rings. The normalized spacial score (nSPS) is 10.4. The molecule has 25 heavy (non-hydrogen) atoms. The number of nitrogens with one attached hydrogen (secondary N) is 1. The Morgan fingerprint density at radius 2 is 1.72 bits per heavy atom. The van der Waals surface area contributed by atoms with Crippen LogP contribution in [-0.2, 0) is 0 Å². The highest BCUT2D eigenvalue weighted by Gasteiger charge is 2.11. The Balaban J connectivity index is 1.70. The fourth-order valence-corrected chi connectivity index (χ4v) is 2.37. The molecule has 1 amide bonds. The lowest BCUT2D eigenvalue weighted by molar-refractivity contribution is 0.102. The summed E-state index contributed by atoms with van der Waals surface area (Å²) in [6.07, 6.45) is 0. The molecular formula is C20H17FN2O2. The minimum absolute atomic E-state index is 0.335. The maximum Gasteiger partial charge on any atom is 0.257 e. The molecule has 0 saturated heterocycles. The largest absolute Gasteiger partial charge is 0.457 e. The molecule has 0 spiro atoms. The number of halogens is 1. The summed E-state index contributed by atoms with van der Waals surface area (Å²) in [6, 6.07) is 17.4. The monoisotopic (exact) mass is 336 g/mol. The first-order chi connectivity index (χ1) is 12.0. The Bertz CT molecular complexity index is 908. The first kappa shape index (κ1) is 16.6. The van der Waals surface area contributed by atoms with Crippen LogP contribution in [0.25, 0.3) is 0 Å². The first-order valence-corrected chi connectivity index (χ1v) is 7.81. The zero-order chi connectivity index (χ0) is 17.8. The number of carbonyl (C=O) groups excluding carboxylic acids is 1. The van der Waals surface area contributed by atoms with Crippen molar-refractivity contribution in [3.8, 4) is 11.5 Å². The molecule has 0 atom stereocenters. The van der Waals surface area contributed by atoms with Crippen molar-refractivity contribution in [2.75, 3.05) is 5.32 Å². The van der Waals surface area contributed by atoms with Crippen LogP contribution in [0, 0.1) is 19.8 Å². The molecule has 126 valence electrons. The number of carbonyl (C=O) groups is 1. The van der Waals surface area contributed by atoms with Gasteiger partial charge in [0.2, 0.25) is 5.95 Å². The second-order valence-electron chi connectivity index (χ2n) is 5.61. The van der Waals surface area contributed by atoms with Crippen molar-refractivity contribution in [2.45, 2.75) is 13.8 Å². The number of ether oxygens (including phenoxy) is 1. The summed E-state index contributed by atoms with van der Waals surface area (Å²) in [5.74, 6) is 0.517. The Morgan fingerprint density at radius 1 is 1.00 bits per heavy atom. The summed E-state index contributed by atoms with van der Waals surface area (Å²) < 4.78 is 18.9. The van der Waals surface area contributed by atoms with Crippen LogP contribution in [0.15, 0.2) is 60.7 Å². The molecule has 0 unspecified atom stereocenters. The Hall–Kier alpha value is -3.21. The SMILES string of the molecule is Cc1ccccc1Oc1ccc(NC(=O)c2ccc(F)nc2C)cc1. The Morgan fingerprint density at radius 3 is 2.40 bits per heavy atom. The predicted molar refractivity (Wildman–Crippen MR) is 94.6 cm³/mol. The van der Waals surface area contributed by atoms with Gasteiger partial charge in [0.15, 0.2) is 0 Å². The number of amides is 1. The lowest BCUT2D eigenvalue weighted by Gasteiger charge is -2.10. The van der Waals surface area contributed by atoms with E-state index in [0.29, 0.717) is 22.7 Å². The van der Waals surface area contributed by atoms with Crippen molar-refractivity contribution in [1.82, 2.24) is 4.98 Å². The van der Waals surface area contributed by atoms with Gasteiger partial charge in [-0.05, 0) is 61.9 Å². The van der Waals surface area contributed by atoms with E-state index in [2.05, 4.69) is 10.3 Å². The van der Waals surface area contributed by atoms with Gasteiger partial charge in [0.1, 0.15) is 11.5 Å². The maximum atomic E-state index is 13.0. The zero-order valence-electron chi connectivity index (χ0n) is 13.9. The third-order valence-corrected chi connectivity index (χ3v) is 3.73. The molecule has 3 rings (SSSR count). The molecule has 2 aromatic carbocycles. The third kappa shape index (κ3) is 4.01. The van der Waals surface area contributed by atoms with Crippen LogP contribution in [0.5, 0.6) is 11.5 Å². The maximum absolute atomic E-state index is 13.0. The van der Waals surface area contributed by atoms with Crippen LogP contribution in [0.4, 0.5) is 10.1 Å². The van der Waals surface area contributed by atoms with Crippen LogP contribution in [0.3, 0.4) is 0 Å². The summed E-state index contributed by atoms with van der Waals surface area (Å²) in [4.78, 5) is 15.9. The minimum Gasteiger partial charge on any atom is -0.457 e. The number of benzene rings is 2. The van der Waals surface area contributed by atoms with Gasteiger partial charge in [-0.2, -0.15) is 4.39 Å². The van der Waals surface area contributed by atoms with E-state index in [4.69, 9.17) is 4.74 Å². The van der Waals surface area contributed by atoms with Gasteiger partial charge in [-0.1, -0.05) is 18.2 Å². The molecule has 0 bridgehead atoms. The molecule has 0 saturated carbocycles. The molecule has 1 heterocycles.